The van der Waals surface area contributed by atoms with Gasteiger partial charge in [-0.25, -0.2) is 10.2 Å². The van der Waals surface area contributed by atoms with E-state index in [9.17, 15) is 9.59 Å². The molecular formula is C28H23BrN2O5. The number of ether oxygens (including phenoxy) is 3. The fraction of sp³-hybridized carbons (Fsp3) is 0.107. The number of hydrazone groups is 1. The highest BCUT2D eigenvalue weighted by Gasteiger charge is 2.15. The number of esters is 1. The number of hydrogen-bond acceptors (Lipinski definition) is 6. The van der Waals surface area contributed by atoms with Gasteiger partial charge in [0.15, 0.2) is 17.6 Å². The minimum atomic E-state index is -0.752. The average Bonchev–Trinajstić information content (AvgIpc) is 2.89. The number of fused-ring (bicyclic) bond motifs is 1. The van der Waals surface area contributed by atoms with Crippen LogP contribution in [0.5, 0.6) is 17.2 Å². The van der Waals surface area contributed by atoms with Gasteiger partial charge in [0.1, 0.15) is 5.75 Å². The second-order valence-electron chi connectivity index (χ2n) is 7.81. The maximum Gasteiger partial charge on any atom is 0.343 e. The molecule has 0 unspecified atom stereocenters. The van der Waals surface area contributed by atoms with E-state index >= 15 is 0 Å². The Balaban J connectivity index is 1.35. The van der Waals surface area contributed by atoms with E-state index in [0.29, 0.717) is 22.6 Å². The van der Waals surface area contributed by atoms with E-state index in [2.05, 4.69) is 26.5 Å². The molecule has 0 aliphatic rings. The molecule has 36 heavy (non-hydrogen) atoms. The maximum absolute atomic E-state index is 12.4. The van der Waals surface area contributed by atoms with Gasteiger partial charge in [-0.15, -0.1) is 0 Å². The summed E-state index contributed by atoms with van der Waals surface area (Å²) >= 11 is 3.34. The third-order valence-corrected chi connectivity index (χ3v) is 5.74. The number of amides is 1. The molecule has 0 saturated heterocycles. The highest BCUT2D eigenvalue weighted by atomic mass is 79.9. The molecule has 0 fully saturated rings. The van der Waals surface area contributed by atoms with Gasteiger partial charge >= 0.3 is 5.97 Å². The molecule has 4 rings (SSSR count). The molecule has 1 N–H and O–H groups in total. The molecule has 8 heteroatoms. The van der Waals surface area contributed by atoms with Crippen molar-refractivity contribution in [1.29, 1.82) is 0 Å². The smallest absolute Gasteiger partial charge is 0.343 e. The minimum absolute atomic E-state index is 0.265. The zero-order chi connectivity index (χ0) is 25.5. The number of carbonyl (C=O) groups excluding carboxylic acids is 2. The minimum Gasteiger partial charge on any atom is -0.493 e. The summed E-state index contributed by atoms with van der Waals surface area (Å²) in [6, 6.07) is 25.4. The summed E-state index contributed by atoms with van der Waals surface area (Å²) in [6.07, 6.45) is 0.709. The summed E-state index contributed by atoms with van der Waals surface area (Å²) in [7, 11) is 1.47. The van der Waals surface area contributed by atoms with Crippen molar-refractivity contribution >= 4 is 44.8 Å². The first-order valence-corrected chi connectivity index (χ1v) is 11.9. The number of halogens is 1. The number of rotatable bonds is 8. The largest absolute Gasteiger partial charge is 0.493 e. The Kier molecular flexibility index (Phi) is 7.97. The first-order valence-electron chi connectivity index (χ1n) is 11.1. The van der Waals surface area contributed by atoms with E-state index in [4.69, 9.17) is 14.2 Å². The van der Waals surface area contributed by atoms with Gasteiger partial charge in [0, 0.05) is 4.47 Å². The van der Waals surface area contributed by atoms with Crippen LogP contribution in [0.15, 0.2) is 94.5 Å². The molecule has 1 amide bonds. The molecule has 0 radical (unpaired) electrons. The lowest BCUT2D eigenvalue weighted by Crippen LogP contribution is -2.33. The lowest BCUT2D eigenvalue weighted by molar-refractivity contribution is -0.127. The van der Waals surface area contributed by atoms with Gasteiger partial charge in [-0.05, 0) is 71.8 Å². The Morgan fingerprint density at radius 3 is 2.50 bits per heavy atom. The Labute approximate surface area is 216 Å². The summed E-state index contributed by atoms with van der Waals surface area (Å²) in [4.78, 5) is 24.9. The molecule has 0 aliphatic heterocycles. The van der Waals surface area contributed by atoms with Crippen LogP contribution >= 0.6 is 15.9 Å². The van der Waals surface area contributed by atoms with Gasteiger partial charge < -0.3 is 14.2 Å². The zero-order valence-corrected chi connectivity index (χ0v) is 21.2. The Bertz CT molecular complexity index is 1440. The average molecular weight is 547 g/mol. The third-order valence-electron chi connectivity index (χ3n) is 5.24. The van der Waals surface area contributed by atoms with Crippen LogP contribution in [0.4, 0.5) is 0 Å². The third kappa shape index (κ3) is 6.28. The van der Waals surface area contributed by atoms with Crippen molar-refractivity contribution in [1.82, 2.24) is 5.43 Å². The summed E-state index contributed by atoms with van der Waals surface area (Å²) < 4.78 is 17.4. The van der Waals surface area contributed by atoms with Crippen molar-refractivity contribution in [2.24, 2.45) is 5.10 Å². The molecule has 7 nitrogen and oxygen atoms in total. The summed E-state index contributed by atoms with van der Waals surface area (Å²) in [5, 5.41) is 6.13. The molecule has 182 valence electrons. The van der Waals surface area contributed by atoms with Gasteiger partial charge in [0.25, 0.3) is 5.91 Å². The molecule has 0 saturated carbocycles. The standard InChI is InChI=1S/C28H23BrN2O5/c1-18(35-24-12-11-20-6-3-4-7-21(20)16-24)27(32)31-30-17-19-10-13-25(26(14-19)34-2)36-28(33)22-8-5-9-23(29)15-22/h3-18H,1-2H3,(H,31,32)/b30-17-/t18-/m1/s1. The van der Waals surface area contributed by atoms with E-state index in [1.165, 1.54) is 13.3 Å². The van der Waals surface area contributed by atoms with Gasteiger partial charge in [-0.2, -0.15) is 5.10 Å². The number of carbonyl (C=O) groups is 2. The molecule has 4 aromatic carbocycles. The van der Waals surface area contributed by atoms with Gasteiger partial charge in [0.2, 0.25) is 0 Å². The Hall–Kier alpha value is -4.17. The van der Waals surface area contributed by atoms with Gasteiger partial charge in [-0.3, -0.25) is 4.79 Å². The van der Waals surface area contributed by atoms with E-state index in [1.54, 1.807) is 43.3 Å². The second kappa shape index (κ2) is 11.5. The predicted molar refractivity (Wildman–Crippen MR) is 142 cm³/mol. The van der Waals surface area contributed by atoms with Gasteiger partial charge in [-0.1, -0.05) is 52.3 Å². The van der Waals surface area contributed by atoms with E-state index < -0.39 is 18.0 Å². The molecule has 1 atom stereocenters. The molecule has 0 aromatic heterocycles. The summed E-state index contributed by atoms with van der Waals surface area (Å²) in [6.45, 7) is 1.65. The summed E-state index contributed by atoms with van der Waals surface area (Å²) in [5.74, 6) is 0.301. The number of hydrogen-bond donors (Lipinski definition) is 1. The van der Waals surface area contributed by atoms with E-state index in [-0.39, 0.29) is 5.75 Å². The zero-order valence-electron chi connectivity index (χ0n) is 19.6. The van der Waals surface area contributed by atoms with Crippen LogP contribution in [0.1, 0.15) is 22.8 Å². The first-order chi connectivity index (χ1) is 17.4. The maximum atomic E-state index is 12.4. The van der Waals surface area contributed by atoms with Crippen molar-refractivity contribution in [3.63, 3.8) is 0 Å². The number of nitrogens with zero attached hydrogens (tertiary/aromatic N) is 1. The number of methoxy groups -OCH3 is 1. The van der Waals surface area contributed by atoms with Crippen LogP contribution in [0.2, 0.25) is 0 Å². The molecule has 0 aliphatic carbocycles. The van der Waals surface area contributed by atoms with Crippen molar-refractivity contribution in [2.75, 3.05) is 7.11 Å². The van der Waals surface area contributed by atoms with E-state index in [0.717, 1.165) is 15.2 Å². The van der Waals surface area contributed by atoms with Gasteiger partial charge in [0.05, 0.1) is 18.9 Å². The molecule has 4 aromatic rings. The topological polar surface area (TPSA) is 86.2 Å². The number of benzene rings is 4. The second-order valence-corrected chi connectivity index (χ2v) is 8.73. The fourth-order valence-electron chi connectivity index (χ4n) is 3.38. The van der Waals surface area contributed by atoms with Crippen LogP contribution < -0.4 is 19.6 Å². The van der Waals surface area contributed by atoms with Crippen LogP contribution in [-0.2, 0) is 4.79 Å². The van der Waals surface area contributed by atoms with Crippen molar-refractivity contribution in [3.8, 4) is 17.2 Å². The highest BCUT2D eigenvalue weighted by molar-refractivity contribution is 9.10. The lowest BCUT2D eigenvalue weighted by Gasteiger charge is -2.13. The fourth-order valence-corrected chi connectivity index (χ4v) is 3.78. The molecule has 0 heterocycles. The van der Waals surface area contributed by atoms with Crippen molar-refractivity contribution in [2.45, 2.75) is 13.0 Å². The predicted octanol–water partition coefficient (Wildman–Crippen LogP) is 5.75. The normalized spacial score (nSPS) is 11.8. The first kappa shape index (κ1) is 24.9. The van der Waals surface area contributed by atoms with Crippen molar-refractivity contribution < 1.29 is 23.8 Å². The lowest BCUT2D eigenvalue weighted by atomic mass is 10.1. The monoisotopic (exact) mass is 546 g/mol. The summed E-state index contributed by atoms with van der Waals surface area (Å²) in [5.41, 5.74) is 3.51. The number of nitrogens with one attached hydrogen (secondary N) is 1. The molecule has 0 bridgehead atoms. The quantitative estimate of drug-likeness (QED) is 0.132. The van der Waals surface area contributed by atoms with Crippen molar-refractivity contribution in [3.05, 3.63) is 101 Å². The Morgan fingerprint density at radius 2 is 1.72 bits per heavy atom. The van der Waals surface area contributed by atoms with Crippen LogP contribution in [0.3, 0.4) is 0 Å². The SMILES string of the molecule is COc1cc(/C=N\NC(=O)[C@@H](C)Oc2ccc3ccccc3c2)ccc1OC(=O)c1cccc(Br)c1. The van der Waals surface area contributed by atoms with Crippen LogP contribution in [0, 0.1) is 0 Å². The van der Waals surface area contributed by atoms with Crippen LogP contribution in [0.25, 0.3) is 10.8 Å². The van der Waals surface area contributed by atoms with E-state index in [1.807, 2.05) is 48.5 Å². The van der Waals surface area contributed by atoms with Crippen LogP contribution in [-0.4, -0.2) is 31.3 Å². The highest BCUT2D eigenvalue weighted by Crippen LogP contribution is 2.28. The molecule has 0 spiro atoms. The molecular weight excluding hydrogens is 524 g/mol. The Morgan fingerprint density at radius 1 is 0.917 bits per heavy atom.